The van der Waals surface area contributed by atoms with Crippen molar-refractivity contribution in [2.24, 2.45) is 11.3 Å². The second-order valence-corrected chi connectivity index (χ2v) is 20.3. The number of hydrogen-bond donors (Lipinski definition) is 5. The number of hydrogen-bond acceptors (Lipinski definition) is 12. The van der Waals surface area contributed by atoms with Crippen LogP contribution in [0.2, 0.25) is 0 Å². The number of aromatic nitrogens is 5. The zero-order valence-corrected chi connectivity index (χ0v) is 40.3. The predicted molar refractivity (Wildman–Crippen MR) is 263 cm³/mol. The zero-order chi connectivity index (χ0) is 47.5. The lowest BCUT2D eigenvalue weighted by Crippen LogP contribution is -2.57. The van der Waals surface area contributed by atoms with Gasteiger partial charge in [0.2, 0.25) is 17.7 Å². The van der Waals surface area contributed by atoms with Crippen LogP contribution >= 0.6 is 11.3 Å². The number of thiazole rings is 1. The van der Waals surface area contributed by atoms with E-state index in [1.165, 1.54) is 24.2 Å². The highest BCUT2D eigenvalue weighted by Crippen LogP contribution is 2.33. The summed E-state index contributed by atoms with van der Waals surface area (Å²) in [5.41, 5.74) is 13.2. The molecule has 0 saturated carbocycles. The lowest BCUT2D eigenvalue weighted by atomic mass is 9.85. The third kappa shape index (κ3) is 13.3. The van der Waals surface area contributed by atoms with Crippen LogP contribution in [-0.2, 0) is 27.5 Å². The van der Waals surface area contributed by atoms with Crippen LogP contribution in [0.4, 0.5) is 5.82 Å². The summed E-state index contributed by atoms with van der Waals surface area (Å²) in [6.45, 7) is 12.2. The molecule has 2 aliphatic rings. The van der Waals surface area contributed by atoms with E-state index < -0.39 is 23.6 Å². The summed E-state index contributed by atoms with van der Waals surface area (Å²) in [7, 11) is 0. The van der Waals surface area contributed by atoms with Crippen molar-refractivity contribution in [2.75, 3.05) is 31.9 Å². The topological polar surface area (TPSA) is 205 Å². The molecule has 2 aromatic carbocycles. The number of amides is 3. The Labute approximate surface area is 398 Å². The number of aliphatic hydroxyl groups is 1. The molecule has 16 heteroatoms. The maximum Gasteiger partial charge on any atom is 0.246 e. The molecule has 6 N–H and O–H groups in total. The minimum Gasteiger partial charge on any atom is -0.507 e. The van der Waals surface area contributed by atoms with Crippen LogP contribution in [0, 0.1) is 18.3 Å². The quantitative estimate of drug-likeness (QED) is 0.0488. The Morgan fingerprint density at radius 1 is 0.925 bits per heavy atom. The Morgan fingerprint density at radius 2 is 1.64 bits per heavy atom. The van der Waals surface area contributed by atoms with E-state index in [2.05, 4.69) is 35.8 Å². The van der Waals surface area contributed by atoms with E-state index in [1.54, 1.807) is 29.5 Å². The average molecular weight is 933 g/mol. The fourth-order valence-electron chi connectivity index (χ4n) is 9.23. The number of nitrogens with two attached hydrogens (primary N) is 1. The number of carbonyl (C=O) groups is 3. The summed E-state index contributed by atoms with van der Waals surface area (Å²) >= 11 is 1.59. The number of benzene rings is 2. The van der Waals surface area contributed by atoms with Crippen molar-refractivity contribution in [3.63, 3.8) is 0 Å². The molecular formula is C51H68N10O5S. The summed E-state index contributed by atoms with van der Waals surface area (Å²) < 4.78 is 2.00. The highest BCUT2D eigenvalue weighted by Gasteiger charge is 2.44. The molecule has 15 nitrogen and oxygen atoms in total. The van der Waals surface area contributed by atoms with Crippen molar-refractivity contribution in [1.82, 2.24) is 45.4 Å². The summed E-state index contributed by atoms with van der Waals surface area (Å²) in [4.78, 5) is 50.1. The van der Waals surface area contributed by atoms with Gasteiger partial charge in [-0.05, 0) is 92.9 Å². The number of phenols is 1. The maximum absolute atomic E-state index is 14.0. The molecule has 67 heavy (non-hydrogen) atoms. The van der Waals surface area contributed by atoms with Gasteiger partial charge in [-0.2, -0.15) is 5.10 Å². The second kappa shape index (κ2) is 22.9. The summed E-state index contributed by atoms with van der Waals surface area (Å²) in [6.07, 6.45) is 13.2. The number of aryl methyl sites for hydroxylation is 1. The first-order valence-corrected chi connectivity index (χ1v) is 24.8. The van der Waals surface area contributed by atoms with Crippen molar-refractivity contribution in [3.8, 4) is 38.6 Å². The number of piperidine rings is 1. The summed E-state index contributed by atoms with van der Waals surface area (Å²) in [6, 6.07) is 15.2. The zero-order valence-electron chi connectivity index (χ0n) is 39.5. The number of anilines is 1. The van der Waals surface area contributed by atoms with Crippen LogP contribution in [0.15, 0.2) is 72.5 Å². The number of unbranched alkanes of at least 4 members (excludes halogenated alkanes) is 6. The van der Waals surface area contributed by atoms with E-state index in [0.29, 0.717) is 36.0 Å². The third-order valence-corrected chi connectivity index (χ3v) is 14.2. The molecule has 2 saturated heterocycles. The molecular weight excluding hydrogens is 865 g/mol. The van der Waals surface area contributed by atoms with Crippen LogP contribution in [0.1, 0.15) is 103 Å². The van der Waals surface area contributed by atoms with Crippen LogP contribution in [0.25, 0.3) is 32.8 Å². The Balaban J connectivity index is 0.755. The van der Waals surface area contributed by atoms with Crippen LogP contribution < -0.4 is 16.4 Å². The van der Waals surface area contributed by atoms with Crippen LogP contribution in [-0.4, -0.2) is 107 Å². The number of nitrogens with zero attached hydrogens (tertiary/aromatic N) is 7. The van der Waals surface area contributed by atoms with Gasteiger partial charge >= 0.3 is 0 Å². The first-order chi connectivity index (χ1) is 32.2. The van der Waals surface area contributed by atoms with E-state index in [4.69, 9.17) is 5.73 Å². The fourth-order valence-corrected chi connectivity index (χ4v) is 10.0. The standard InChI is InChI=1S/C51H68N10O5S/c1-34-46(67-33-54-34)37-19-17-35(18-20-37)28-53-49(65)43-26-39(62)32-61(43)50(66)47(51(2,3)4)56-45(64)16-10-8-6-5-7-9-13-23-59-24-21-36(22-25-59)30-60-31-38(29-55-60)41-27-42(57-58-48(41)52)40-14-11-12-15-44(40)63/h11-12,14-15,17-20,27,29,31,33,36,39,43,47,62-63H,5-10,13,16,21-26,28,30,32H2,1-4H3,(H2,52,58)(H,53,65)(H,56,64)/t39-,43?,47-/m1/s1. The summed E-state index contributed by atoms with van der Waals surface area (Å²) in [5, 5.41) is 39.8. The first-order valence-electron chi connectivity index (χ1n) is 23.9. The predicted octanol–water partition coefficient (Wildman–Crippen LogP) is 7.37. The number of carbonyl (C=O) groups excluding carboxylic acids is 3. The summed E-state index contributed by atoms with van der Waals surface area (Å²) in [5.74, 6) is 0.189. The van der Waals surface area contributed by atoms with Crippen molar-refractivity contribution in [2.45, 2.75) is 130 Å². The number of nitrogens with one attached hydrogen (secondary N) is 2. The van der Waals surface area contributed by atoms with Crippen LogP contribution in [0.3, 0.4) is 0 Å². The maximum atomic E-state index is 14.0. The molecule has 0 radical (unpaired) electrons. The smallest absolute Gasteiger partial charge is 0.246 e. The van der Waals surface area contributed by atoms with E-state index in [-0.39, 0.29) is 36.4 Å². The first kappa shape index (κ1) is 49.2. The average Bonchev–Trinajstić information content (AvgIpc) is 4.07. The van der Waals surface area contributed by atoms with Crippen molar-refractivity contribution < 1.29 is 24.6 Å². The van der Waals surface area contributed by atoms with Crippen molar-refractivity contribution >= 4 is 34.9 Å². The molecule has 1 unspecified atom stereocenters. The van der Waals surface area contributed by atoms with Gasteiger partial charge in [-0.25, -0.2) is 4.98 Å². The third-order valence-electron chi connectivity index (χ3n) is 13.2. The lowest BCUT2D eigenvalue weighted by Gasteiger charge is -2.35. The molecule has 7 rings (SSSR count). The molecule has 3 amide bonds. The molecule has 358 valence electrons. The van der Waals surface area contributed by atoms with Gasteiger partial charge in [-0.3, -0.25) is 19.1 Å². The Morgan fingerprint density at radius 3 is 2.34 bits per heavy atom. The van der Waals surface area contributed by atoms with Crippen molar-refractivity contribution in [1.29, 1.82) is 0 Å². The van der Waals surface area contributed by atoms with Gasteiger partial charge in [0, 0.05) is 55.4 Å². The van der Waals surface area contributed by atoms with Gasteiger partial charge in [-0.1, -0.05) is 89.3 Å². The van der Waals surface area contributed by atoms with E-state index in [1.807, 2.05) is 86.7 Å². The van der Waals surface area contributed by atoms with Gasteiger partial charge in [0.25, 0.3) is 0 Å². The number of rotatable bonds is 20. The normalized spacial score (nSPS) is 17.4. The number of nitrogen functional groups attached to an aromatic ring is 1. The van der Waals surface area contributed by atoms with E-state index in [9.17, 15) is 24.6 Å². The molecule has 3 aromatic heterocycles. The van der Waals surface area contributed by atoms with Gasteiger partial charge in [0.1, 0.15) is 17.8 Å². The van der Waals surface area contributed by atoms with Gasteiger partial charge in [0.15, 0.2) is 5.82 Å². The molecule has 0 bridgehead atoms. The van der Waals surface area contributed by atoms with E-state index in [0.717, 1.165) is 97.5 Å². The number of para-hydroxylation sites is 1. The molecule has 0 spiro atoms. The van der Waals surface area contributed by atoms with Crippen molar-refractivity contribution in [3.05, 3.63) is 83.8 Å². The second-order valence-electron chi connectivity index (χ2n) is 19.5. The lowest BCUT2D eigenvalue weighted by molar-refractivity contribution is -0.144. The molecule has 5 heterocycles. The monoisotopic (exact) mass is 933 g/mol. The number of aromatic hydroxyl groups is 1. The largest absolute Gasteiger partial charge is 0.507 e. The van der Waals surface area contributed by atoms with Gasteiger partial charge in [-0.15, -0.1) is 21.5 Å². The van der Waals surface area contributed by atoms with Gasteiger partial charge < -0.3 is 36.4 Å². The Kier molecular flexibility index (Phi) is 16.8. The minimum atomic E-state index is -0.831. The molecule has 5 aromatic rings. The number of phenolic OH excluding ortho intramolecular Hbond substituents is 1. The SMILES string of the molecule is Cc1ncsc1-c1ccc(CNC(=O)C2C[C@@H](O)CN2C(=O)[C@@H](NC(=O)CCCCCCCCCN2CCC(Cn3cc(-c4cc(-c5ccccc5O)nnc4N)cn3)CC2)C(C)(C)C)cc1. The highest BCUT2D eigenvalue weighted by atomic mass is 32.1. The minimum absolute atomic E-state index is 0.0459. The molecule has 0 aliphatic carbocycles. The fraction of sp³-hybridized carbons (Fsp3) is 0.510. The van der Waals surface area contributed by atoms with Crippen LogP contribution in [0.5, 0.6) is 5.75 Å². The Bertz CT molecular complexity index is 2420. The molecule has 2 aliphatic heterocycles. The molecule has 3 atom stereocenters. The van der Waals surface area contributed by atoms with Gasteiger partial charge in [0.05, 0.1) is 34.1 Å². The molecule has 2 fully saturated rings. The number of aliphatic hydroxyl groups excluding tert-OH is 1. The van der Waals surface area contributed by atoms with E-state index >= 15 is 0 Å². The number of β-amino-alcohol motifs (C(OH)–C–C–N with tert-alkyl or cyclic N) is 1. The highest BCUT2D eigenvalue weighted by molar-refractivity contribution is 7.13. The number of likely N-dealkylation sites (tertiary alicyclic amines) is 2. The Hall–Kier alpha value is -5.71.